The van der Waals surface area contributed by atoms with Gasteiger partial charge in [0.2, 0.25) is 5.91 Å². The van der Waals surface area contributed by atoms with E-state index in [2.05, 4.69) is 26.6 Å². The summed E-state index contributed by atoms with van der Waals surface area (Å²) in [5.74, 6) is -0.434. The Balaban J connectivity index is 1.92. The summed E-state index contributed by atoms with van der Waals surface area (Å²) >= 11 is 8.38. The van der Waals surface area contributed by atoms with Gasteiger partial charge in [-0.1, -0.05) is 28.1 Å². The van der Waals surface area contributed by atoms with Gasteiger partial charge in [-0.25, -0.2) is 0 Å². The molecule has 0 saturated heterocycles. The summed E-state index contributed by atoms with van der Waals surface area (Å²) in [4.78, 5) is 22.0. The molecule has 0 bridgehead atoms. The first kappa shape index (κ1) is 17.8. The van der Waals surface area contributed by atoms with E-state index in [0.717, 1.165) is 10.2 Å². The number of anilines is 1. The van der Waals surface area contributed by atoms with Crippen LogP contribution in [0.3, 0.4) is 0 Å². The highest BCUT2D eigenvalue weighted by molar-refractivity contribution is 9.10. The number of carbonyl (C=O) groups is 1. The highest BCUT2D eigenvalue weighted by Crippen LogP contribution is 2.15. The van der Waals surface area contributed by atoms with E-state index in [1.807, 2.05) is 24.3 Å². The maximum Gasteiger partial charge on any atom is 0.270 e. The summed E-state index contributed by atoms with van der Waals surface area (Å²) in [6, 6.07) is 13.3. The first-order valence-electron chi connectivity index (χ1n) is 6.74. The Hall–Kier alpha value is -2.58. The second-order valence-corrected chi connectivity index (χ2v) is 5.96. The van der Waals surface area contributed by atoms with E-state index < -0.39 is 10.8 Å². The Morgan fingerprint density at radius 2 is 1.92 bits per heavy atom. The molecule has 0 spiro atoms. The molecule has 6 nitrogen and oxygen atoms in total. The summed E-state index contributed by atoms with van der Waals surface area (Å²) in [5.41, 5.74) is 1.25. The van der Waals surface area contributed by atoms with Crippen molar-refractivity contribution in [2.45, 2.75) is 0 Å². The fraction of sp³-hybridized carbons (Fsp3) is 0. The van der Waals surface area contributed by atoms with Crippen LogP contribution < -0.4 is 10.6 Å². The molecule has 0 aliphatic heterocycles. The Morgan fingerprint density at radius 3 is 2.58 bits per heavy atom. The fourth-order valence-electron chi connectivity index (χ4n) is 1.76. The third-order valence-electron chi connectivity index (χ3n) is 2.85. The minimum atomic E-state index is -0.491. The fourth-order valence-corrected chi connectivity index (χ4v) is 2.25. The molecule has 1 amide bonds. The van der Waals surface area contributed by atoms with Gasteiger partial charge in [0.25, 0.3) is 5.69 Å². The summed E-state index contributed by atoms with van der Waals surface area (Å²) in [6.45, 7) is 0. The van der Waals surface area contributed by atoms with E-state index in [9.17, 15) is 14.9 Å². The van der Waals surface area contributed by atoms with Gasteiger partial charge < -0.3 is 5.32 Å². The molecule has 0 unspecified atom stereocenters. The molecule has 0 atom stereocenters. The van der Waals surface area contributed by atoms with E-state index in [1.165, 1.54) is 24.3 Å². The minimum Gasteiger partial charge on any atom is -0.332 e. The number of nitro benzene ring substituents is 1. The molecule has 2 aromatic rings. The van der Waals surface area contributed by atoms with Crippen molar-refractivity contribution in [2.24, 2.45) is 0 Å². The van der Waals surface area contributed by atoms with Gasteiger partial charge in [0, 0.05) is 28.4 Å². The molecule has 24 heavy (non-hydrogen) atoms. The lowest BCUT2D eigenvalue weighted by Crippen LogP contribution is -2.32. The number of carbonyl (C=O) groups excluding carboxylic acids is 1. The number of nitro groups is 1. The lowest BCUT2D eigenvalue weighted by molar-refractivity contribution is -0.384. The molecule has 2 rings (SSSR count). The first-order valence-corrected chi connectivity index (χ1v) is 7.94. The van der Waals surface area contributed by atoms with Gasteiger partial charge in [-0.2, -0.15) is 0 Å². The number of hydrogen-bond donors (Lipinski definition) is 2. The molecule has 2 N–H and O–H groups in total. The maximum absolute atomic E-state index is 11.8. The molecule has 0 fully saturated rings. The highest BCUT2D eigenvalue weighted by atomic mass is 79.9. The molecule has 2 aromatic carbocycles. The molecular weight excluding hydrogens is 394 g/mol. The summed E-state index contributed by atoms with van der Waals surface area (Å²) in [6.07, 6.45) is 2.74. The van der Waals surface area contributed by atoms with Crippen LogP contribution in [-0.4, -0.2) is 15.9 Å². The Bertz CT molecular complexity index is 806. The Morgan fingerprint density at radius 1 is 1.21 bits per heavy atom. The van der Waals surface area contributed by atoms with Crippen molar-refractivity contribution >= 4 is 56.6 Å². The number of halogens is 1. The van der Waals surface area contributed by atoms with E-state index >= 15 is 0 Å². The predicted molar refractivity (Wildman–Crippen MR) is 101 cm³/mol. The van der Waals surface area contributed by atoms with Crippen LogP contribution in [0.25, 0.3) is 6.08 Å². The SMILES string of the molecule is O=C(C=Cc1cccc([N+](=O)[O-])c1)NC(=S)Nc1ccc(Br)cc1. The molecule has 0 aliphatic rings. The lowest BCUT2D eigenvalue weighted by Gasteiger charge is -2.07. The van der Waals surface area contributed by atoms with E-state index in [-0.39, 0.29) is 10.8 Å². The van der Waals surface area contributed by atoms with Gasteiger partial charge in [0.05, 0.1) is 4.92 Å². The number of nitrogens with zero attached hydrogens (tertiary/aromatic N) is 1. The van der Waals surface area contributed by atoms with Crippen LogP contribution in [0.4, 0.5) is 11.4 Å². The van der Waals surface area contributed by atoms with Crippen molar-refractivity contribution in [2.75, 3.05) is 5.32 Å². The topological polar surface area (TPSA) is 84.3 Å². The number of nitrogens with one attached hydrogen (secondary N) is 2. The van der Waals surface area contributed by atoms with Crippen LogP contribution in [0.2, 0.25) is 0 Å². The minimum absolute atomic E-state index is 0.0371. The van der Waals surface area contributed by atoms with Gasteiger partial charge in [0.15, 0.2) is 5.11 Å². The number of non-ortho nitro benzene ring substituents is 1. The number of hydrogen-bond acceptors (Lipinski definition) is 4. The van der Waals surface area contributed by atoms with Crippen molar-refractivity contribution in [3.8, 4) is 0 Å². The van der Waals surface area contributed by atoms with Crippen LogP contribution >= 0.6 is 28.1 Å². The maximum atomic E-state index is 11.8. The van der Waals surface area contributed by atoms with Crippen LogP contribution in [0.5, 0.6) is 0 Å². The van der Waals surface area contributed by atoms with Crippen molar-refractivity contribution in [3.63, 3.8) is 0 Å². The monoisotopic (exact) mass is 405 g/mol. The normalized spacial score (nSPS) is 10.4. The van der Waals surface area contributed by atoms with Crippen LogP contribution in [0, 0.1) is 10.1 Å². The van der Waals surface area contributed by atoms with E-state index in [4.69, 9.17) is 12.2 Å². The average Bonchev–Trinajstić information content (AvgIpc) is 2.55. The van der Waals surface area contributed by atoms with Gasteiger partial charge >= 0.3 is 0 Å². The van der Waals surface area contributed by atoms with E-state index in [0.29, 0.717) is 5.56 Å². The summed E-state index contributed by atoms with van der Waals surface area (Å²) in [7, 11) is 0. The molecule has 0 aromatic heterocycles. The molecule has 8 heteroatoms. The van der Waals surface area contributed by atoms with Crippen LogP contribution in [-0.2, 0) is 4.79 Å². The predicted octanol–water partition coefficient (Wildman–Crippen LogP) is 3.88. The molecule has 0 radical (unpaired) electrons. The third-order valence-corrected chi connectivity index (χ3v) is 3.58. The molecular formula is C16H12BrN3O3S. The average molecular weight is 406 g/mol. The number of benzene rings is 2. The van der Waals surface area contributed by atoms with E-state index in [1.54, 1.807) is 12.1 Å². The van der Waals surface area contributed by atoms with Gasteiger partial charge in [-0.15, -0.1) is 0 Å². The number of thiocarbonyl (C=S) groups is 1. The van der Waals surface area contributed by atoms with Gasteiger partial charge in [-0.3, -0.25) is 20.2 Å². The molecule has 122 valence electrons. The van der Waals surface area contributed by atoms with Crippen molar-refractivity contribution < 1.29 is 9.72 Å². The summed E-state index contributed by atoms with van der Waals surface area (Å²) in [5, 5.41) is 16.2. The van der Waals surface area contributed by atoms with Crippen molar-refractivity contribution in [1.29, 1.82) is 0 Å². The lowest BCUT2D eigenvalue weighted by atomic mass is 10.2. The zero-order chi connectivity index (χ0) is 17.5. The molecule has 0 saturated carbocycles. The second-order valence-electron chi connectivity index (χ2n) is 4.64. The zero-order valence-corrected chi connectivity index (χ0v) is 14.6. The number of rotatable bonds is 4. The third kappa shape index (κ3) is 5.56. The zero-order valence-electron chi connectivity index (χ0n) is 12.2. The Kier molecular flexibility index (Phi) is 6.16. The number of amides is 1. The standard InChI is InChI=1S/C16H12BrN3O3S/c17-12-5-7-13(8-6-12)18-16(24)19-15(21)9-4-11-2-1-3-14(10-11)20(22)23/h1-10H,(H2,18,19,21,24). The quantitative estimate of drug-likeness (QED) is 0.349. The van der Waals surface area contributed by atoms with Crippen molar-refractivity contribution in [1.82, 2.24) is 5.32 Å². The first-order chi connectivity index (χ1) is 11.4. The Labute approximate surface area is 151 Å². The summed E-state index contributed by atoms with van der Waals surface area (Å²) < 4.78 is 0.933. The van der Waals surface area contributed by atoms with Gasteiger partial charge in [-0.05, 0) is 48.1 Å². The smallest absolute Gasteiger partial charge is 0.270 e. The molecule has 0 aliphatic carbocycles. The molecule has 0 heterocycles. The second kappa shape index (κ2) is 8.32. The van der Waals surface area contributed by atoms with Crippen LogP contribution in [0.1, 0.15) is 5.56 Å². The van der Waals surface area contributed by atoms with Gasteiger partial charge in [0.1, 0.15) is 0 Å². The largest absolute Gasteiger partial charge is 0.332 e. The van der Waals surface area contributed by atoms with Crippen LogP contribution in [0.15, 0.2) is 59.1 Å². The highest BCUT2D eigenvalue weighted by Gasteiger charge is 2.05. The van der Waals surface area contributed by atoms with Crippen molar-refractivity contribution in [3.05, 3.63) is 74.8 Å².